The molecule has 7 heterocycles. The SMILES string of the molecule is CC1(C)OB(c2ccc3c(c2)nc(-c2ccccc2)c2ncc4ccccc4c23)OC1(C)C.N#Cc1ccc2oc3ccc(Br)cc3c2c1.[C-]#[N+]c1ccc2oc3ccc(-c4ccc5c(c4)nc(-c4ccccc4)c4ncc6ccccc6c45)cc3c2c1. The zero-order chi connectivity index (χ0) is 59.8. The number of pyridine rings is 4. The molecule has 12 heteroatoms. The maximum absolute atomic E-state index is 8.87. The first-order valence-corrected chi connectivity index (χ1v) is 29.7. The van der Waals surface area contributed by atoms with Gasteiger partial charge in [-0.3, -0.25) is 9.97 Å². The van der Waals surface area contributed by atoms with Gasteiger partial charge in [0.25, 0.3) is 0 Å². The van der Waals surface area contributed by atoms with Crippen molar-refractivity contribution in [3.8, 4) is 39.7 Å². The fraction of sp³-hybridized carbons (Fsp3) is 0.0789. The molecule has 0 spiro atoms. The topological polar surface area (TPSA) is 124 Å². The highest BCUT2D eigenvalue weighted by atomic mass is 79.9. The molecular weight excluding hydrogens is 1150 g/mol. The Kier molecular flexibility index (Phi) is 13.2. The smallest absolute Gasteiger partial charge is 0.456 e. The van der Waals surface area contributed by atoms with Crippen LogP contribution in [0.3, 0.4) is 0 Å². The van der Waals surface area contributed by atoms with Crippen LogP contribution < -0.4 is 5.46 Å². The van der Waals surface area contributed by atoms with E-state index in [0.717, 1.165) is 142 Å². The van der Waals surface area contributed by atoms with E-state index in [1.807, 2.05) is 109 Å². The van der Waals surface area contributed by atoms with Gasteiger partial charge in [0.05, 0.1) is 62.9 Å². The van der Waals surface area contributed by atoms with Crippen molar-refractivity contribution in [2.45, 2.75) is 38.9 Å². The van der Waals surface area contributed by atoms with Gasteiger partial charge in [0, 0.05) is 81.9 Å². The van der Waals surface area contributed by atoms with Gasteiger partial charge < -0.3 is 18.1 Å². The second-order valence-corrected chi connectivity index (χ2v) is 24.0. The molecule has 6 aromatic heterocycles. The average Bonchev–Trinajstić information content (AvgIpc) is 1.10. The van der Waals surface area contributed by atoms with E-state index in [4.69, 9.17) is 49.9 Å². The molecule has 17 rings (SSSR count). The third-order valence-corrected chi connectivity index (χ3v) is 17.7. The fourth-order valence-electron chi connectivity index (χ4n) is 12.0. The van der Waals surface area contributed by atoms with Crippen LogP contribution in [0.15, 0.2) is 244 Å². The van der Waals surface area contributed by atoms with E-state index in [1.54, 1.807) is 12.1 Å². The van der Waals surface area contributed by atoms with Gasteiger partial charge >= 0.3 is 7.12 Å². The summed E-state index contributed by atoms with van der Waals surface area (Å²) in [5.74, 6) is 0. The lowest BCUT2D eigenvalue weighted by molar-refractivity contribution is 0.00578. The molecule has 1 fully saturated rings. The van der Waals surface area contributed by atoms with E-state index in [9.17, 15) is 0 Å². The van der Waals surface area contributed by atoms with Crippen LogP contribution in [0.2, 0.25) is 0 Å². The monoisotopic (exact) mass is 1200 g/mol. The first kappa shape index (κ1) is 54.1. The van der Waals surface area contributed by atoms with Gasteiger partial charge in [-0.05, 0) is 128 Å². The molecule has 1 aliphatic heterocycles. The summed E-state index contributed by atoms with van der Waals surface area (Å²) in [6.45, 7) is 15.7. The molecule has 10 nitrogen and oxygen atoms in total. The average molecular weight is 1200 g/mol. The number of nitrogens with zero attached hydrogens (tertiary/aromatic N) is 6. The minimum Gasteiger partial charge on any atom is -0.456 e. The summed E-state index contributed by atoms with van der Waals surface area (Å²) in [7, 11) is -0.428. The first-order chi connectivity index (χ1) is 42.9. The van der Waals surface area contributed by atoms with Crippen molar-refractivity contribution in [2.75, 3.05) is 0 Å². The maximum atomic E-state index is 8.87. The Morgan fingerprint density at radius 1 is 0.455 bits per heavy atom. The summed E-state index contributed by atoms with van der Waals surface area (Å²) in [5, 5.41) is 21.8. The molecule has 0 atom stereocenters. The number of rotatable bonds is 4. The van der Waals surface area contributed by atoms with E-state index in [1.165, 1.54) is 10.8 Å². The van der Waals surface area contributed by atoms with E-state index in [2.05, 4.69) is 164 Å². The van der Waals surface area contributed by atoms with Crippen LogP contribution in [-0.4, -0.2) is 38.3 Å². The second kappa shape index (κ2) is 21.4. The Labute approximate surface area is 514 Å². The lowest BCUT2D eigenvalue weighted by atomic mass is 9.78. The van der Waals surface area contributed by atoms with Gasteiger partial charge in [0.15, 0.2) is 5.69 Å². The summed E-state index contributed by atoms with van der Waals surface area (Å²) in [6, 6.07) is 75.4. The number of fused-ring (bicyclic) bond motifs is 16. The number of halogens is 1. The Hall–Kier alpha value is -10.6. The van der Waals surface area contributed by atoms with Crippen molar-refractivity contribution in [1.82, 2.24) is 19.9 Å². The minimum atomic E-state index is -0.428. The molecule has 10 aromatic carbocycles. The van der Waals surface area contributed by atoms with Crippen molar-refractivity contribution in [3.05, 3.63) is 252 Å². The standard InChI is InChI=1S/C35H19N3O.C28H25BN2O2.C13H6BrNO/c1-36-25-13-16-32-29(19-25)28-17-22(12-15-31(28)39-32)23-11-14-27-30(18-23)38-34(21-7-3-2-4-8-21)35-33(27)26-10-6-5-9-24(26)20-37-35;1-27(2)28(3,4)33-29(32-27)20-14-15-22-23(16-20)31-25(18-10-6-5-7-11-18)26-24(22)21-13-9-8-12-19(21)17-30-26;14-9-2-4-13-11(6-9)10-5-8(7-15)1-3-12(10)16-13/h2-20H;5-17H,1-4H3;1-6H. The molecule has 16 aromatic rings. The van der Waals surface area contributed by atoms with E-state index in [-0.39, 0.29) is 0 Å². The number of furan rings is 2. The largest absolute Gasteiger partial charge is 0.494 e. The Balaban J connectivity index is 0.000000120. The van der Waals surface area contributed by atoms with Crippen LogP contribution in [-0.2, 0) is 9.31 Å². The van der Waals surface area contributed by atoms with Gasteiger partial charge in [-0.25, -0.2) is 14.8 Å². The van der Waals surface area contributed by atoms with Gasteiger partial charge in [-0.15, -0.1) is 0 Å². The first-order valence-electron chi connectivity index (χ1n) is 28.9. The van der Waals surface area contributed by atoms with E-state index in [0.29, 0.717) is 11.3 Å². The highest BCUT2D eigenvalue weighted by Gasteiger charge is 2.51. The predicted molar refractivity (Wildman–Crippen MR) is 361 cm³/mol. The molecule has 1 aliphatic rings. The summed E-state index contributed by atoms with van der Waals surface area (Å²) in [4.78, 5) is 23.6. The van der Waals surface area contributed by atoms with E-state index >= 15 is 0 Å². The number of nitriles is 1. The van der Waals surface area contributed by atoms with Crippen LogP contribution in [0.5, 0.6) is 0 Å². The molecule has 0 N–H and O–H groups in total. The van der Waals surface area contributed by atoms with Crippen LogP contribution >= 0.6 is 15.9 Å². The van der Waals surface area contributed by atoms with Crippen molar-refractivity contribution < 1.29 is 18.1 Å². The third-order valence-electron chi connectivity index (χ3n) is 17.2. The quantitative estimate of drug-likeness (QED) is 0.0962. The molecule has 0 unspecified atom stereocenters. The fourth-order valence-corrected chi connectivity index (χ4v) is 12.4. The molecule has 1 saturated heterocycles. The van der Waals surface area contributed by atoms with E-state index < -0.39 is 18.3 Å². The van der Waals surface area contributed by atoms with Crippen molar-refractivity contribution in [1.29, 1.82) is 5.26 Å². The lowest BCUT2D eigenvalue weighted by Gasteiger charge is -2.32. The summed E-state index contributed by atoms with van der Waals surface area (Å²) in [6.07, 6.45) is 3.88. The minimum absolute atomic E-state index is 0.390. The number of benzene rings is 10. The summed E-state index contributed by atoms with van der Waals surface area (Å²) >= 11 is 3.43. The van der Waals surface area contributed by atoms with Crippen molar-refractivity contribution in [3.63, 3.8) is 0 Å². The molecule has 0 amide bonds. The Bertz CT molecular complexity index is 5580. The second-order valence-electron chi connectivity index (χ2n) is 23.1. The van der Waals surface area contributed by atoms with Gasteiger partial charge in [0.2, 0.25) is 0 Å². The summed E-state index contributed by atoms with van der Waals surface area (Å²) in [5.41, 5.74) is 14.3. The molecule has 0 saturated carbocycles. The van der Waals surface area contributed by atoms with Crippen LogP contribution in [0.1, 0.15) is 33.3 Å². The normalized spacial score (nSPS) is 13.6. The molecule has 0 radical (unpaired) electrons. The lowest BCUT2D eigenvalue weighted by Crippen LogP contribution is -2.41. The highest BCUT2D eigenvalue weighted by molar-refractivity contribution is 9.10. The maximum Gasteiger partial charge on any atom is 0.494 e. The Morgan fingerprint density at radius 2 is 0.932 bits per heavy atom. The zero-order valence-electron chi connectivity index (χ0n) is 48.2. The van der Waals surface area contributed by atoms with Gasteiger partial charge in [-0.2, -0.15) is 5.26 Å². The van der Waals surface area contributed by atoms with Crippen molar-refractivity contribution in [2.24, 2.45) is 0 Å². The zero-order valence-corrected chi connectivity index (χ0v) is 49.8. The van der Waals surface area contributed by atoms with Gasteiger partial charge in [-0.1, -0.05) is 162 Å². The molecular formula is C76H50BBrN6O4. The van der Waals surface area contributed by atoms with Gasteiger partial charge in [0.1, 0.15) is 22.3 Å². The number of aromatic nitrogens is 4. The van der Waals surface area contributed by atoms with Crippen LogP contribution in [0, 0.1) is 17.9 Å². The third kappa shape index (κ3) is 9.43. The summed E-state index contributed by atoms with van der Waals surface area (Å²) < 4.78 is 25.3. The van der Waals surface area contributed by atoms with Crippen molar-refractivity contribution >= 4 is 143 Å². The number of hydrogen-bond acceptors (Lipinski definition) is 9. The highest BCUT2D eigenvalue weighted by Crippen LogP contribution is 2.42. The predicted octanol–water partition coefficient (Wildman–Crippen LogP) is 19.8. The van der Waals surface area contributed by atoms with Crippen LogP contribution in [0.25, 0.3) is 148 Å². The molecule has 418 valence electrons. The molecule has 88 heavy (non-hydrogen) atoms. The molecule has 0 bridgehead atoms. The Morgan fingerprint density at radius 3 is 1.52 bits per heavy atom. The van der Waals surface area contributed by atoms with Crippen LogP contribution in [0.4, 0.5) is 5.69 Å². The number of hydrogen-bond donors (Lipinski definition) is 0. The molecule has 0 aliphatic carbocycles.